The molecule has 0 saturated carbocycles. The molecule has 0 spiro atoms. The van der Waals surface area contributed by atoms with Crippen LogP contribution in [0.3, 0.4) is 0 Å². The number of hydrogen-bond acceptors (Lipinski definition) is 7. The SMILES string of the molecule is CCC(=O)ON(C=O)c1ccc2c(c1)CN(CCNC1=NCCCC1)N2. The number of amidine groups is 1. The van der Waals surface area contributed by atoms with Gasteiger partial charge in [-0.25, -0.2) is 9.80 Å². The molecule has 0 saturated heterocycles. The third-order valence-electron chi connectivity index (χ3n) is 4.40. The molecule has 8 heteroatoms. The number of nitrogens with zero attached hydrogens (tertiary/aromatic N) is 3. The summed E-state index contributed by atoms with van der Waals surface area (Å²) >= 11 is 0. The molecule has 3 rings (SSSR count). The van der Waals surface area contributed by atoms with Crippen LogP contribution in [0.4, 0.5) is 11.4 Å². The molecule has 0 fully saturated rings. The van der Waals surface area contributed by atoms with E-state index in [1.807, 2.05) is 12.1 Å². The fourth-order valence-corrected chi connectivity index (χ4v) is 2.99. The summed E-state index contributed by atoms with van der Waals surface area (Å²) in [6.45, 7) is 4.97. The molecular weight excluding hydrogens is 334 g/mol. The van der Waals surface area contributed by atoms with E-state index >= 15 is 0 Å². The summed E-state index contributed by atoms with van der Waals surface area (Å²) in [6, 6.07) is 5.50. The molecule has 0 radical (unpaired) electrons. The summed E-state index contributed by atoms with van der Waals surface area (Å²) in [5, 5.41) is 6.47. The number of carbonyl (C=O) groups is 2. The lowest BCUT2D eigenvalue weighted by molar-refractivity contribution is -0.147. The molecule has 140 valence electrons. The average Bonchev–Trinajstić information content (AvgIpc) is 3.08. The molecule has 8 nitrogen and oxygen atoms in total. The normalized spacial score (nSPS) is 16.3. The first kappa shape index (κ1) is 18.2. The van der Waals surface area contributed by atoms with Crippen LogP contribution in [0.2, 0.25) is 0 Å². The molecule has 0 aliphatic carbocycles. The maximum absolute atomic E-state index is 11.4. The van der Waals surface area contributed by atoms with E-state index in [4.69, 9.17) is 4.84 Å². The van der Waals surface area contributed by atoms with Crippen LogP contribution in [0, 0.1) is 0 Å². The summed E-state index contributed by atoms with van der Waals surface area (Å²) < 4.78 is 0. The lowest BCUT2D eigenvalue weighted by Gasteiger charge is -2.18. The second kappa shape index (κ2) is 8.66. The number of carbonyl (C=O) groups excluding carboxylic acids is 2. The van der Waals surface area contributed by atoms with Gasteiger partial charge in [0, 0.05) is 39.0 Å². The van der Waals surface area contributed by atoms with Crippen LogP contribution in [-0.2, 0) is 21.0 Å². The van der Waals surface area contributed by atoms with Crippen molar-refractivity contribution in [3.8, 4) is 0 Å². The molecule has 0 aromatic heterocycles. The highest BCUT2D eigenvalue weighted by Gasteiger charge is 2.20. The zero-order valence-electron chi connectivity index (χ0n) is 15.0. The summed E-state index contributed by atoms with van der Waals surface area (Å²) in [4.78, 5) is 32.2. The second-order valence-corrected chi connectivity index (χ2v) is 6.34. The summed E-state index contributed by atoms with van der Waals surface area (Å²) in [7, 11) is 0. The van der Waals surface area contributed by atoms with Gasteiger partial charge in [-0.1, -0.05) is 6.92 Å². The van der Waals surface area contributed by atoms with Gasteiger partial charge >= 0.3 is 5.97 Å². The van der Waals surface area contributed by atoms with Gasteiger partial charge in [-0.3, -0.25) is 9.79 Å². The van der Waals surface area contributed by atoms with Gasteiger partial charge in [0.1, 0.15) is 0 Å². The van der Waals surface area contributed by atoms with Crippen molar-refractivity contribution < 1.29 is 14.4 Å². The van der Waals surface area contributed by atoms with Crippen molar-refractivity contribution in [2.45, 2.75) is 39.2 Å². The summed E-state index contributed by atoms with van der Waals surface area (Å²) in [6.07, 6.45) is 4.14. The van der Waals surface area contributed by atoms with E-state index in [-0.39, 0.29) is 6.42 Å². The maximum Gasteiger partial charge on any atom is 0.332 e. The largest absolute Gasteiger partial charge is 0.372 e. The van der Waals surface area contributed by atoms with Crippen LogP contribution in [0.25, 0.3) is 0 Å². The van der Waals surface area contributed by atoms with Gasteiger partial charge in [0.2, 0.25) is 6.41 Å². The van der Waals surface area contributed by atoms with Gasteiger partial charge in [0.25, 0.3) is 0 Å². The van der Waals surface area contributed by atoms with Crippen LogP contribution in [0.1, 0.15) is 38.2 Å². The Bertz CT molecular complexity index is 691. The number of hydrazine groups is 1. The van der Waals surface area contributed by atoms with E-state index < -0.39 is 5.97 Å². The van der Waals surface area contributed by atoms with Crippen molar-refractivity contribution >= 4 is 29.6 Å². The Morgan fingerprint density at radius 3 is 3.08 bits per heavy atom. The Balaban J connectivity index is 1.54. The Hall–Kier alpha value is -2.61. The number of hydroxylamine groups is 1. The number of fused-ring (bicyclic) bond motifs is 1. The quantitative estimate of drug-likeness (QED) is 0.571. The van der Waals surface area contributed by atoms with Crippen molar-refractivity contribution in [3.05, 3.63) is 23.8 Å². The summed E-state index contributed by atoms with van der Waals surface area (Å²) in [5.41, 5.74) is 5.94. The highest BCUT2D eigenvalue weighted by molar-refractivity contribution is 5.82. The van der Waals surface area contributed by atoms with Crippen LogP contribution in [0.5, 0.6) is 0 Å². The van der Waals surface area contributed by atoms with E-state index in [1.54, 1.807) is 13.0 Å². The smallest absolute Gasteiger partial charge is 0.332 e. The zero-order chi connectivity index (χ0) is 18.4. The highest BCUT2D eigenvalue weighted by atomic mass is 16.7. The highest BCUT2D eigenvalue weighted by Crippen LogP contribution is 2.29. The van der Waals surface area contributed by atoms with Crippen LogP contribution in [-0.4, -0.2) is 42.9 Å². The minimum absolute atomic E-state index is 0.211. The Morgan fingerprint density at radius 2 is 2.35 bits per heavy atom. The van der Waals surface area contributed by atoms with Gasteiger partial charge in [0.15, 0.2) is 0 Å². The van der Waals surface area contributed by atoms with Gasteiger partial charge in [-0.2, -0.15) is 0 Å². The molecule has 0 atom stereocenters. The molecule has 2 aliphatic heterocycles. The monoisotopic (exact) mass is 359 g/mol. The Kier molecular flexibility index (Phi) is 6.06. The third-order valence-corrected chi connectivity index (χ3v) is 4.40. The fraction of sp³-hybridized carbons (Fsp3) is 0.500. The number of anilines is 2. The number of rotatable bonds is 7. The van der Waals surface area contributed by atoms with E-state index in [9.17, 15) is 9.59 Å². The van der Waals surface area contributed by atoms with Crippen molar-refractivity contribution in [1.29, 1.82) is 0 Å². The van der Waals surface area contributed by atoms with Crippen LogP contribution >= 0.6 is 0 Å². The van der Waals surface area contributed by atoms with Crippen molar-refractivity contribution in [1.82, 2.24) is 10.3 Å². The third kappa shape index (κ3) is 4.51. The van der Waals surface area contributed by atoms with Gasteiger partial charge in [-0.05, 0) is 36.6 Å². The van der Waals surface area contributed by atoms with E-state index in [2.05, 4.69) is 20.7 Å². The number of benzene rings is 1. The second-order valence-electron chi connectivity index (χ2n) is 6.34. The van der Waals surface area contributed by atoms with E-state index in [1.165, 1.54) is 12.8 Å². The Labute approximate surface area is 153 Å². The van der Waals surface area contributed by atoms with Crippen molar-refractivity contribution in [2.75, 3.05) is 30.1 Å². The topological polar surface area (TPSA) is 86.3 Å². The van der Waals surface area contributed by atoms with Crippen LogP contribution < -0.4 is 15.8 Å². The van der Waals surface area contributed by atoms with Gasteiger partial charge in [-0.15, -0.1) is 5.06 Å². The summed E-state index contributed by atoms with van der Waals surface area (Å²) in [5.74, 6) is 0.656. The van der Waals surface area contributed by atoms with Crippen molar-refractivity contribution in [2.24, 2.45) is 4.99 Å². The molecule has 2 N–H and O–H groups in total. The number of aliphatic imine (C=N–C) groups is 1. The first-order valence-corrected chi connectivity index (χ1v) is 9.06. The Morgan fingerprint density at radius 1 is 1.46 bits per heavy atom. The molecule has 1 aromatic rings. The lowest BCUT2D eigenvalue weighted by atomic mass is 10.1. The minimum Gasteiger partial charge on any atom is -0.372 e. The van der Waals surface area contributed by atoms with E-state index in [0.717, 1.165) is 48.2 Å². The van der Waals surface area contributed by atoms with Crippen LogP contribution in [0.15, 0.2) is 23.2 Å². The van der Waals surface area contributed by atoms with Crippen molar-refractivity contribution in [3.63, 3.8) is 0 Å². The van der Waals surface area contributed by atoms with E-state index in [0.29, 0.717) is 18.6 Å². The standard InChI is InChI=1S/C18H25N5O3/c1-2-18(25)26-23(13-24)15-6-7-16-14(11-15)12-22(21-16)10-9-20-17-5-3-4-8-19-17/h6-7,11,13,21H,2-5,8-10,12H2,1H3,(H,19,20). The molecule has 1 amide bonds. The number of nitrogens with one attached hydrogen (secondary N) is 2. The molecule has 0 bridgehead atoms. The average molecular weight is 359 g/mol. The molecule has 2 heterocycles. The molecule has 2 aliphatic rings. The first-order valence-electron chi connectivity index (χ1n) is 9.06. The number of hydrogen-bond donors (Lipinski definition) is 2. The fourth-order valence-electron chi connectivity index (χ4n) is 2.99. The first-order chi connectivity index (χ1) is 12.7. The molecule has 26 heavy (non-hydrogen) atoms. The lowest BCUT2D eigenvalue weighted by Crippen LogP contribution is -2.35. The molecule has 0 unspecified atom stereocenters. The maximum atomic E-state index is 11.4. The molecular formula is C18H25N5O3. The predicted molar refractivity (Wildman–Crippen MR) is 99.6 cm³/mol. The zero-order valence-corrected chi connectivity index (χ0v) is 15.0. The minimum atomic E-state index is -0.450. The molecule has 1 aromatic carbocycles. The predicted octanol–water partition coefficient (Wildman–Crippen LogP) is 1.83. The van der Waals surface area contributed by atoms with Gasteiger partial charge in [0.05, 0.1) is 17.2 Å². The van der Waals surface area contributed by atoms with Gasteiger partial charge < -0.3 is 15.6 Å². The number of amides is 1.